The van der Waals surface area contributed by atoms with Crippen LogP contribution in [0.4, 0.5) is 0 Å². The van der Waals surface area contributed by atoms with Crippen molar-refractivity contribution in [2.24, 2.45) is 0 Å². The topological polar surface area (TPSA) is 35.5 Å². The first kappa shape index (κ1) is 9.10. The molecule has 0 spiro atoms. The van der Waals surface area contributed by atoms with E-state index in [2.05, 4.69) is 0 Å². The van der Waals surface area contributed by atoms with E-state index in [1.165, 1.54) is 7.11 Å². The highest BCUT2D eigenvalue weighted by Gasteiger charge is 2.42. The third-order valence-corrected chi connectivity index (χ3v) is 1.91. The molecule has 0 N–H and O–H groups in total. The predicted octanol–water partition coefficient (Wildman–Crippen LogP) is 1.63. The molecule has 1 heterocycles. The molecular formula is C9H14O3. The molecule has 1 aliphatic rings. The summed E-state index contributed by atoms with van der Waals surface area (Å²) in [5, 5.41) is 0. The lowest BCUT2D eigenvalue weighted by Gasteiger charge is -2.16. The molecule has 0 amide bonds. The lowest BCUT2D eigenvalue weighted by molar-refractivity contribution is -0.129. The van der Waals surface area contributed by atoms with Gasteiger partial charge in [-0.1, -0.05) is 6.92 Å². The normalized spacial score (nSPS) is 21.2. The van der Waals surface area contributed by atoms with Gasteiger partial charge in [0.15, 0.2) is 5.60 Å². The van der Waals surface area contributed by atoms with Crippen molar-refractivity contribution in [3.05, 3.63) is 11.5 Å². The summed E-state index contributed by atoms with van der Waals surface area (Å²) in [6.45, 7) is 5.43. The molecule has 0 radical (unpaired) electrons. The minimum absolute atomic E-state index is 0.0677. The Labute approximate surface area is 72.4 Å². The average Bonchev–Trinajstić information content (AvgIpc) is 2.24. The van der Waals surface area contributed by atoms with E-state index in [0.29, 0.717) is 17.9 Å². The lowest BCUT2D eigenvalue weighted by atomic mass is 10.0. The van der Waals surface area contributed by atoms with Gasteiger partial charge < -0.3 is 9.47 Å². The summed E-state index contributed by atoms with van der Waals surface area (Å²) in [5.41, 5.74) is -0.739. The van der Waals surface area contributed by atoms with Crippen molar-refractivity contribution in [3.8, 4) is 0 Å². The first-order valence-corrected chi connectivity index (χ1v) is 4.04. The van der Waals surface area contributed by atoms with E-state index in [0.717, 1.165) is 0 Å². The predicted molar refractivity (Wildman–Crippen MR) is 44.5 cm³/mol. The van der Waals surface area contributed by atoms with Crippen molar-refractivity contribution in [2.45, 2.75) is 32.8 Å². The van der Waals surface area contributed by atoms with Crippen molar-refractivity contribution >= 4 is 5.78 Å². The zero-order valence-electron chi connectivity index (χ0n) is 7.93. The highest BCUT2D eigenvalue weighted by molar-refractivity contribution is 6.02. The van der Waals surface area contributed by atoms with Gasteiger partial charge in [-0.05, 0) is 13.8 Å². The van der Waals surface area contributed by atoms with Crippen LogP contribution in [0.1, 0.15) is 27.2 Å². The molecule has 68 valence electrons. The second-order valence-corrected chi connectivity index (χ2v) is 3.25. The first-order chi connectivity index (χ1) is 5.53. The van der Waals surface area contributed by atoms with Crippen LogP contribution in [0.25, 0.3) is 0 Å². The van der Waals surface area contributed by atoms with Crippen LogP contribution in [0, 0.1) is 0 Å². The second kappa shape index (κ2) is 2.81. The summed E-state index contributed by atoms with van der Waals surface area (Å²) in [6, 6.07) is 0. The second-order valence-electron chi connectivity index (χ2n) is 3.25. The van der Waals surface area contributed by atoms with E-state index in [-0.39, 0.29) is 5.78 Å². The summed E-state index contributed by atoms with van der Waals surface area (Å²) in [4.78, 5) is 11.5. The molecule has 0 aromatic heterocycles. The third kappa shape index (κ3) is 1.19. The van der Waals surface area contributed by atoms with E-state index in [1.807, 2.05) is 6.92 Å². The van der Waals surface area contributed by atoms with E-state index in [1.54, 1.807) is 13.8 Å². The molecule has 0 saturated carbocycles. The molecule has 1 rings (SSSR count). The highest BCUT2D eigenvalue weighted by atomic mass is 16.5. The lowest BCUT2D eigenvalue weighted by Crippen LogP contribution is -2.29. The van der Waals surface area contributed by atoms with Crippen LogP contribution in [0.5, 0.6) is 0 Å². The first-order valence-electron chi connectivity index (χ1n) is 4.04. The van der Waals surface area contributed by atoms with Crippen molar-refractivity contribution in [2.75, 3.05) is 7.11 Å². The standard InChI is InChI=1S/C9H14O3/c1-5-6-7(11-4)8(10)9(2,3)12-6/h5H2,1-4H3. The van der Waals surface area contributed by atoms with Gasteiger partial charge in [-0.3, -0.25) is 4.79 Å². The number of rotatable bonds is 2. The molecule has 0 aliphatic carbocycles. The maximum absolute atomic E-state index is 11.5. The number of Topliss-reactive ketones (excluding diaryl/α,β-unsaturated/α-hetero) is 1. The van der Waals surface area contributed by atoms with Gasteiger partial charge >= 0.3 is 0 Å². The number of hydrogen-bond donors (Lipinski definition) is 0. The molecule has 12 heavy (non-hydrogen) atoms. The third-order valence-electron chi connectivity index (χ3n) is 1.91. The maximum Gasteiger partial charge on any atom is 0.243 e. The number of ether oxygens (including phenoxy) is 2. The van der Waals surface area contributed by atoms with Crippen LogP contribution in [-0.4, -0.2) is 18.5 Å². The van der Waals surface area contributed by atoms with Gasteiger partial charge in [0.05, 0.1) is 7.11 Å². The Morgan fingerprint density at radius 1 is 1.50 bits per heavy atom. The number of carbonyl (C=O) groups excluding carboxylic acids is 1. The van der Waals surface area contributed by atoms with E-state index < -0.39 is 5.60 Å². The van der Waals surface area contributed by atoms with Gasteiger partial charge in [0.1, 0.15) is 5.76 Å². The molecule has 0 fully saturated rings. The quantitative estimate of drug-likeness (QED) is 0.632. The SMILES string of the molecule is CCC1=C(OC)C(=O)C(C)(C)O1. The van der Waals surface area contributed by atoms with Crippen molar-refractivity contribution in [1.29, 1.82) is 0 Å². The molecule has 3 heteroatoms. The molecular weight excluding hydrogens is 156 g/mol. The van der Waals surface area contributed by atoms with Crippen molar-refractivity contribution in [1.82, 2.24) is 0 Å². The Balaban J connectivity index is 2.98. The number of hydrogen-bond acceptors (Lipinski definition) is 3. The van der Waals surface area contributed by atoms with Crippen LogP contribution in [0.15, 0.2) is 11.5 Å². The van der Waals surface area contributed by atoms with Crippen molar-refractivity contribution in [3.63, 3.8) is 0 Å². The minimum atomic E-state index is -0.739. The van der Waals surface area contributed by atoms with Crippen LogP contribution in [-0.2, 0) is 14.3 Å². The van der Waals surface area contributed by atoms with Crippen LogP contribution < -0.4 is 0 Å². The van der Waals surface area contributed by atoms with Gasteiger partial charge in [0.25, 0.3) is 0 Å². The number of allylic oxidation sites excluding steroid dienone is 1. The zero-order chi connectivity index (χ0) is 9.35. The molecule has 0 bridgehead atoms. The average molecular weight is 170 g/mol. The fourth-order valence-corrected chi connectivity index (χ4v) is 1.24. The van der Waals surface area contributed by atoms with Gasteiger partial charge in [-0.25, -0.2) is 0 Å². The Kier molecular flexibility index (Phi) is 2.13. The Morgan fingerprint density at radius 2 is 2.08 bits per heavy atom. The molecule has 0 aromatic carbocycles. The van der Waals surface area contributed by atoms with Crippen LogP contribution >= 0.6 is 0 Å². The Hall–Kier alpha value is -0.990. The van der Waals surface area contributed by atoms with Gasteiger partial charge in [0.2, 0.25) is 11.5 Å². The fourth-order valence-electron chi connectivity index (χ4n) is 1.24. The van der Waals surface area contributed by atoms with Gasteiger partial charge in [-0.15, -0.1) is 0 Å². The number of carbonyl (C=O) groups is 1. The largest absolute Gasteiger partial charge is 0.490 e. The van der Waals surface area contributed by atoms with Crippen LogP contribution in [0.3, 0.4) is 0 Å². The summed E-state index contributed by atoms with van der Waals surface area (Å²) < 4.78 is 10.4. The zero-order valence-corrected chi connectivity index (χ0v) is 7.93. The van der Waals surface area contributed by atoms with Gasteiger partial charge in [0, 0.05) is 6.42 Å². The fraction of sp³-hybridized carbons (Fsp3) is 0.667. The molecule has 0 unspecified atom stereocenters. The van der Waals surface area contributed by atoms with E-state index in [4.69, 9.17) is 9.47 Å². The molecule has 1 aliphatic heterocycles. The highest BCUT2D eigenvalue weighted by Crippen LogP contribution is 2.31. The van der Waals surface area contributed by atoms with Crippen LogP contribution in [0.2, 0.25) is 0 Å². The van der Waals surface area contributed by atoms with E-state index in [9.17, 15) is 4.79 Å². The summed E-state index contributed by atoms with van der Waals surface area (Å²) in [7, 11) is 1.49. The smallest absolute Gasteiger partial charge is 0.243 e. The summed E-state index contributed by atoms with van der Waals surface area (Å²) >= 11 is 0. The minimum Gasteiger partial charge on any atom is -0.490 e. The number of methoxy groups -OCH3 is 1. The van der Waals surface area contributed by atoms with Crippen molar-refractivity contribution < 1.29 is 14.3 Å². The van der Waals surface area contributed by atoms with Gasteiger partial charge in [-0.2, -0.15) is 0 Å². The maximum atomic E-state index is 11.5. The molecule has 0 atom stereocenters. The summed E-state index contributed by atoms with van der Waals surface area (Å²) in [6.07, 6.45) is 0.693. The van der Waals surface area contributed by atoms with E-state index >= 15 is 0 Å². The molecule has 0 aromatic rings. The number of ketones is 1. The summed E-state index contributed by atoms with van der Waals surface area (Å²) in [5.74, 6) is 0.969. The Morgan fingerprint density at radius 3 is 2.42 bits per heavy atom. The molecule has 3 nitrogen and oxygen atoms in total. The Bertz CT molecular complexity index is 238. The monoisotopic (exact) mass is 170 g/mol. The molecule has 0 saturated heterocycles.